The van der Waals surface area contributed by atoms with Gasteiger partial charge in [0.05, 0.1) is 15.5 Å². The Morgan fingerprint density at radius 2 is 1.45 bits per heavy atom. The van der Waals surface area contributed by atoms with Gasteiger partial charge in [0.2, 0.25) is 0 Å². The second kappa shape index (κ2) is 8.87. The number of ketones is 1. The van der Waals surface area contributed by atoms with Crippen LogP contribution in [0.5, 0.6) is 0 Å². The van der Waals surface area contributed by atoms with Crippen molar-refractivity contribution in [3.05, 3.63) is 85.1 Å². The fraction of sp³-hybridized carbons (Fsp3) is 0.200. The molecule has 9 nitrogen and oxygen atoms in total. The van der Waals surface area contributed by atoms with Crippen molar-refractivity contribution in [2.24, 2.45) is 0 Å². The summed E-state index contributed by atoms with van der Waals surface area (Å²) in [6.07, 6.45) is 0. The molecular formula is C20H20N4O5. The van der Waals surface area contributed by atoms with E-state index >= 15 is 0 Å². The molecule has 0 aliphatic heterocycles. The van der Waals surface area contributed by atoms with Gasteiger partial charge in [-0.05, 0) is 33.8 Å². The lowest BCUT2D eigenvalue weighted by Crippen LogP contribution is -1.96. The monoisotopic (exact) mass is 396 g/mol. The summed E-state index contributed by atoms with van der Waals surface area (Å²) in [5.74, 6) is -0.164. The van der Waals surface area contributed by atoms with Crippen LogP contribution in [0, 0.1) is 41.0 Å². The van der Waals surface area contributed by atoms with Crippen LogP contribution in [0.15, 0.2) is 42.5 Å². The number of nitro groups is 2. The van der Waals surface area contributed by atoms with Crippen molar-refractivity contribution < 1.29 is 14.6 Å². The second-order valence-corrected chi connectivity index (χ2v) is 6.51. The van der Waals surface area contributed by atoms with Gasteiger partial charge in [-0.2, -0.15) is 5.10 Å². The Kier molecular flexibility index (Phi) is 6.55. The number of nitrogens with one attached hydrogen (secondary N) is 1. The number of aromatic nitrogens is 2. The Balaban J connectivity index is 0.000000212. The van der Waals surface area contributed by atoms with Crippen LogP contribution in [0.3, 0.4) is 0 Å². The molecule has 2 aromatic carbocycles. The van der Waals surface area contributed by atoms with Crippen LogP contribution >= 0.6 is 0 Å². The van der Waals surface area contributed by atoms with E-state index in [0.29, 0.717) is 16.7 Å². The lowest BCUT2D eigenvalue weighted by atomic mass is 10.1. The van der Waals surface area contributed by atoms with Gasteiger partial charge in [0.25, 0.3) is 11.4 Å². The molecule has 0 radical (unpaired) electrons. The first-order chi connectivity index (χ1) is 13.6. The number of nitro benzene ring substituents is 2. The molecule has 0 bridgehead atoms. The first-order valence-corrected chi connectivity index (χ1v) is 8.63. The summed E-state index contributed by atoms with van der Waals surface area (Å²) >= 11 is 0. The average Bonchev–Trinajstić information content (AvgIpc) is 3.08. The Bertz CT molecular complexity index is 1090. The van der Waals surface area contributed by atoms with Gasteiger partial charge in [-0.3, -0.25) is 30.1 Å². The molecule has 0 spiro atoms. The number of nitrogens with zero attached hydrogens (tertiary/aromatic N) is 3. The number of H-pyrrole nitrogens is 1. The second-order valence-electron chi connectivity index (χ2n) is 6.51. The Morgan fingerprint density at radius 3 is 1.93 bits per heavy atom. The summed E-state index contributed by atoms with van der Waals surface area (Å²) in [5, 5.41) is 28.2. The third-order valence-corrected chi connectivity index (χ3v) is 4.22. The molecule has 1 aromatic heterocycles. The molecule has 0 fully saturated rings. The minimum atomic E-state index is -0.484. The van der Waals surface area contributed by atoms with E-state index in [1.165, 1.54) is 13.0 Å². The predicted octanol–water partition coefficient (Wildman–Crippen LogP) is 4.71. The lowest BCUT2D eigenvalue weighted by molar-refractivity contribution is -0.385. The minimum Gasteiger partial charge on any atom is -0.295 e. The van der Waals surface area contributed by atoms with Crippen molar-refractivity contribution in [3.8, 4) is 11.3 Å². The third kappa shape index (κ3) is 5.32. The van der Waals surface area contributed by atoms with Gasteiger partial charge in [-0.25, -0.2) is 0 Å². The zero-order valence-electron chi connectivity index (χ0n) is 16.4. The van der Waals surface area contributed by atoms with Crippen molar-refractivity contribution in [1.82, 2.24) is 10.2 Å². The molecule has 0 atom stereocenters. The Morgan fingerprint density at radius 1 is 0.897 bits per heavy atom. The molecule has 0 aliphatic carbocycles. The van der Waals surface area contributed by atoms with Crippen LogP contribution in [-0.2, 0) is 0 Å². The SMILES string of the molecule is CC(=O)c1ccc(C)c([N+](=O)[O-])c1.Cc1cc(-c2ccc(C)c([N+](=O)[O-])c2)n[nH]1. The molecule has 29 heavy (non-hydrogen) atoms. The molecule has 1 heterocycles. The molecule has 0 amide bonds. The van der Waals surface area contributed by atoms with Crippen LogP contribution in [0.1, 0.15) is 34.1 Å². The summed E-state index contributed by atoms with van der Waals surface area (Å²) in [7, 11) is 0. The summed E-state index contributed by atoms with van der Waals surface area (Å²) < 4.78 is 0. The van der Waals surface area contributed by atoms with E-state index in [1.54, 1.807) is 38.1 Å². The molecular weight excluding hydrogens is 376 g/mol. The van der Waals surface area contributed by atoms with Crippen molar-refractivity contribution in [3.63, 3.8) is 0 Å². The highest BCUT2D eigenvalue weighted by molar-refractivity contribution is 5.94. The van der Waals surface area contributed by atoms with Gasteiger partial charge < -0.3 is 0 Å². The highest BCUT2D eigenvalue weighted by Gasteiger charge is 2.13. The molecule has 0 saturated carbocycles. The van der Waals surface area contributed by atoms with Crippen molar-refractivity contribution in [2.75, 3.05) is 0 Å². The van der Waals surface area contributed by atoms with Crippen molar-refractivity contribution in [1.29, 1.82) is 0 Å². The molecule has 1 N–H and O–H groups in total. The molecule has 3 aromatic rings. The Hall–Kier alpha value is -3.88. The molecule has 3 rings (SSSR count). The van der Waals surface area contributed by atoms with Crippen LogP contribution in [0.2, 0.25) is 0 Å². The van der Waals surface area contributed by atoms with E-state index in [9.17, 15) is 25.0 Å². The van der Waals surface area contributed by atoms with E-state index < -0.39 is 4.92 Å². The summed E-state index contributed by atoms with van der Waals surface area (Å²) in [5.41, 5.74) is 4.11. The molecule has 0 aliphatic rings. The fourth-order valence-corrected chi connectivity index (χ4v) is 2.56. The molecule has 150 valence electrons. The van der Waals surface area contributed by atoms with Gasteiger partial charge in [-0.1, -0.05) is 24.3 Å². The summed E-state index contributed by atoms with van der Waals surface area (Å²) in [6, 6.07) is 11.4. The fourth-order valence-electron chi connectivity index (χ4n) is 2.56. The maximum absolute atomic E-state index is 10.9. The number of rotatable bonds is 4. The normalized spacial score (nSPS) is 10.1. The van der Waals surface area contributed by atoms with E-state index in [0.717, 1.165) is 17.0 Å². The van der Waals surface area contributed by atoms with Crippen molar-refractivity contribution in [2.45, 2.75) is 27.7 Å². The maximum atomic E-state index is 10.9. The van der Waals surface area contributed by atoms with E-state index in [2.05, 4.69) is 10.2 Å². The van der Waals surface area contributed by atoms with Crippen LogP contribution < -0.4 is 0 Å². The smallest absolute Gasteiger partial charge is 0.273 e. The van der Waals surface area contributed by atoms with Gasteiger partial charge in [-0.15, -0.1) is 0 Å². The molecule has 0 unspecified atom stereocenters. The quantitative estimate of drug-likeness (QED) is 0.386. The number of aryl methyl sites for hydroxylation is 3. The number of Topliss-reactive ketones (excluding diaryl/α,β-unsaturated/α-hetero) is 1. The van der Waals surface area contributed by atoms with Crippen LogP contribution in [0.25, 0.3) is 11.3 Å². The number of aromatic amines is 1. The summed E-state index contributed by atoms with van der Waals surface area (Å²) in [6.45, 7) is 6.63. The van der Waals surface area contributed by atoms with Gasteiger partial charge in [0, 0.05) is 40.1 Å². The van der Waals surface area contributed by atoms with E-state index in [4.69, 9.17) is 0 Å². The standard InChI is InChI=1S/C11H11N3O2.C9H9NO3/c1-7-3-4-9(6-11(7)14(15)16)10-5-8(2)12-13-10;1-6-3-4-8(7(2)11)5-9(6)10(12)13/h3-6H,1-2H3,(H,12,13);3-5H,1-2H3. The first kappa shape index (κ1) is 21.4. The maximum Gasteiger partial charge on any atom is 0.273 e. The average molecular weight is 396 g/mol. The zero-order valence-corrected chi connectivity index (χ0v) is 16.4. The number of carbonyl (C=O) groups excluding carboxylic acids is 1. The largest absolute Gasteiger partial charge is 0.295 e. The topological polar surface area (TPSA) is 132 Å². The van der Waals surface area contributed by atoms with E-state index in [-0.39, 0.29) is 22.1 Å². The number of benzene rings is 2. The Labute approximate surface area is 166 Å². The number of hydrogen-bond acceptors (Lipinski definition) is 6. The van der Waals surface area contributed by atoms with Gasteiger partial charge in [0.1, 0.15) is 0 Å². The van der Waals surface area contributed by atoms with Crippen LogP contribution in [0.4, 0.5) is 11.4 Å². The predicted molar refractivity (Wildman–Crippen MR) is 108 cm³/mol. The first-order valence-electron chi connectivity index (χ1n) is 8.63. The molecule has 0 saturated heterocycles. The minimum absolute atomic E-state index is 0.00676. The van der Waals surface area contributed by atoms with Gasteiger partial charge >= 0.3 is 0 Å². The highest BCUT2D eigenvalue weighted by atomic mass is 16.6. The summed E-state index contributed by atoms with van der Waals surface area (Å²) in [4.78, 5) is 31.3. The zero-order chi connectivity index (χ0) is 21.7. The van der Waals surface area contributed by atoms with Crippen molar-refractivity contribution >= 4 is 17.2 Å². The van der Waals surface area contributed by atoms with Gasteiger partial charge in [0.15, 0.2) is 5.78 Å². The van der Waals surface area contributed by atoms with E-state index in [1.807, 2.05) is 19.1 Å². The lowest BCUT2D eigenvalue weighted by Gasteiger charge is -1.99. The number of hydrogen-bond donors (Lipinski definition) is 1. The number of carbonyl (C=O) groups is 1. The third-order valence-electron chi connectivity index (χ3n) is 4.22. The molecule has 9 heteroatoms. The van der Waals surface area contributed by atoms with Crippen LogP contribution in [-0.4, -0.2) is 25.8 Å². The highest BCUT2D eigenvalue weighted by Crippen LogP contribution is 2.25.